The molecule has 0 unspecified atom stereocenters. The molecular formula is C17H19FN2O2. The van der Waals surface area contributed by atoms with Crippen LogP contribution in [0, 0.1) is 5.82 Å². The number of anilines is 2. The molecule has 3 N–H and O–H groups in total. The molecule has 1 amide bonds. The summed E-state index contributed by atoms with van der Waals surface area (Å²) in [5, 5.41) is 2.45. The quantitative estimate of drug-likeness (QED) is 0.830. The summed E-state index contributed by atoms with van der Waals surface area (Å²) < 4.78 is 19.1. The van der Waals surface area contributed by atoms with Gasteiger partial charge >= 0.3 is 0 Å². The van der Waals surface area contributed by atoms with E-state index in [1.165, 1.54) is 18.2 Å². The number of halogens is 1. The molecule has 116 valence electrons. The third kappa shape index (κ3) is 3.97. The number of nitrogens with one attached hydrogen (secondary N) is 1. The van der Waals surface area contributed by atoms with Gasteiger partial charge < -0.3 is 15.8 Å². The summed E-state index contributed by atoms with van der Waals surface area (Å²) in [5.41, 5.74) is 7.02. The maximum Gasteiger partial charge on any atom is 0.262 e. The lowest BCUT2D eigenvalue weighted by molar-refractivity contribution is -0.118. The average Bonchev–Trinajstić information content (AvgIpc) is 2.49. The Balaban J connectivity index is 2.00. The molecule has 0 saturated heterocycles. The van der Waals surface area contributed by atoms with Crippen molar-refractivity contribution in [2.24, 2.45) is 0 Å². The number of hydrogen-bond acceptors (Lipinski definition) is 3. The van der Waals surface area contributed by atoms with Gasteiger partial charge in [0.2, 0.25) is 0 Å². The lowest BCUT2D eigenvalue weighted by Gasteiger charge is -2.14. The highest BCUT2D eigenvalue weighted by Gasteiger charge is 2.11. The zero-order valence-corrected chi connectivity index (χ0v) is 12.6. The van der Waals surface area contributed by atoms with Gasteiger partial charge in [0.05, 0.1) is 5.69 Å². The molecule has 22 heavy (non-hydrogen) atoms. The second-order valence-electron chi connectivity index (χ2n) is 5.27. The zero-order valence-electron chi connectivity index (χ0n) is 12.6. The van der Waals surface area contributed by atoms with E-state index in [2.05, 4.69) is 5.32 Å². The Hall–Kier alpha value is -2.56. The first-order valence-corrected chi connectivity index (χ1v) is 7.04. The van der Waals surface area contributed by atoms with Crippen molar-refractivity contribution >= 4 is 17.3 Å². The summed E-state index contributed by atoms with van der Waals surface area (Å²) >= 11 is 0. The summed E-state index contributed by atoms with van der Waals surface area (Å²) in [4.78, 5) is 11.9. The van der Waals surface area contributed by atoms with Crippen LogP contribution in [0.4, 0.5) is 15.8 Å². The Kier molecular flexibility index (Phi) is 4.99. The van der Waals surface area contributed by atoms with Crippen molar-refractivity contribution in [2.75, 3.05) is 17.7 Å². The van der Waals surface area contributed by atoms with Crippen molar-refractivity contribution in [1.82, 2.24) is 0 Å². The highest BCUT2D eigenvalue weighted by Crippen LogP contribution is 2.25. The van der Waals surface area contributed by atoms with E-state index in [9.17, 15) is 9.18 Å². The van der Waals surface area contributed by atoms with Gasteiger partial charge in [-0.2, -0.15) is 0 Å². The van der Waals surface area contributed by atoms with Crippen LogP contribution in [-0.4, -0.2) is 12.5 Å². The van der Waals surface area contributed by atoms with Crippen LogP contribution in [0.25, 0.3) is 0 Å². The van der Waals surface area contributed by atoms with Gasteiger partial charge in [0, 0.05) is 5.69 Å². The SMILES string of the molecule is CC(C)c1ccccc1OCC(=O)Nc1cc(N)ccc1F. The number of carbonyl (C=O) groups is 1. The van der Waals surface area contributed by atoms with E-state index in [0.29, 0.717) is 11.4 Å². The van der Waals surface area contributed by atoms with Gasteiger partial charge in [0.1, 0.15) is 11.6 Å². The van der Waals surface area contributed by atoms with Gasteiger partial charge in [-0.25, -0.2) is 4.39 Å². The van der Waals surface area contributed by atoms with Crippen molar-refractivity contribution in [3.8, 4) is 5.75 Å². The summed E-state index contributed by atoms with van der Waals surface area (Å²) in [6, 6.07) is 11.5. The number of para-hydroxylation sites is 1. The monoisotopic (exact) mass is 302 g/mol. The largest absolute Gasteiger partial charge is 0.483 e. The van der Waals surface area contributed by atoms with Crippen LogP contribution in [0.15, 0.2) is 42.5 Å². The molecule has 2 aromatic rings. The molecule has 0 aromatic heterocycles. The van der Waals surface area contributed by atoms with Crippen LogP contribution in [0.5, 0.6) is 5.75 Å². The normalized spacial score (nSPS) is 10.5. The van der Waals surface area contributed by atoms with Crippen LogP contribution in [0.3, 0.4) is 0 Å². The molecule has 0 saturated carbocycles. The van der Waals surface area contributed by atoms with Gasteiger partial charge in [-0.3, -0.25) is 4.79 Å². The van der Waals surface area contributed by atoms with Crippen molar-refractivity contribution in [3.63, 3.8) is 0 Å². The Bertz CT molecular complexity index is 671. The average molecular weight is 302 g/mol. The third-order valence-corrected chi connectivity index (χ3v) is 3.16. The number of hydrogen-bond donors (Lipinski definition) is 2. The first-order chi connectivity index (χ1) is 10.5. The topological polar surface area (TPSA) is 64.3 Å². The Labute approximate surface area is 129 Å². The molecule has 0 aliphatic rings. The molecule has 0 spiro atoms. The van der Waals surface area contributed by atoms with Crippen LogP contribution in [-0.2, 0) is 4.79 Å². The fourth-order valence-electron chi connectivity index (χ4n) is 2.06. The summed E-state index contributed by atoms with van der Waals surface area (Å²) in [5.74, 6) is -0.0421. The van der Waals surface area contributed by atoms with E-state index in [1.54, 1.807) is 0 Å². The number of rotatable bonds is 5. The molecule has 2 rings (SSSR count). The van der Waals surface area contributed by atoms with Gasteiger partial charge in [-0.05, 0) is 35.7 Å². The van der Waals surface area contributed by atoms with Gasteiger partial charge in [-0.1, -0.05) is 32.0 Å². The van der Waals surface area contributed by atoms with Crippen molar-refractivity contribution in [1.29, 1.82) is 0 Å². The van der Waals surface area contributed by atoms with E-state index in [4.69, 9.17) is 10.5 Å². The van der Waals surface area contributed by atoms with Crippen molar-refractivity contribution in [2.45, 2.75) is 19.8 Å². The van der Waals surface area contributed by atoms with Crippen LogP contribution in [0.2, 0.25) is 0 Å². The number of nitrogens with two attached hydrogens (primary N) is 1. The second-order valence-corrected chi connectivity index (χ2v) is 5.27. The number of amides is 1. The molecule has 0 fully saturated rings. The van der Waals surface area contributed by atoms with Crippen LogP contribution < -0.4 is 15.8 Å². The zero-order chi connectivity index (χ0) is 16.1. The van der Waals surface area contributed by atoms with Gasteiger partial charge in [-0.15, -0.1) is 0 Å². The highest BCUT2D eigenvalue weighted by atomic mass is 19.1. The third-order valence-electron chi connectivity index (χ3n) is 3.16. The standard InChI is InChI=1S/C17H19FN2O2/c1-11(2)13-5-3-4-6-16(13)22-10-17(21)20-15-9-12(19)7-8-14(15)18/h3-9,11H,10,19H2,1-2H3,(H,20,21). The molecular weight excluding hydrogens is 283 g/mol. The van der Waals surface area contributed by atoms with E-state index >= 15 is 0 Å². The lowest BCUT2D eigenvalue weighted by atomic mass is 10.0. The summed E-state index contributed by atoms with van der Waals surface area (Å²) in [6.07, 6.45) is 0. The minimum absolute atomic E-state index is 0.0470. The number of nitrogen functional groups attached to an aromatic ring is 1. The molecule has 4 nitrogen and oxygen atoms in total. The molecule has 5 heteroatoms. The summed E-state index contributed by atoms with van der Waals surface area (Å²) in [6.45, 7) is 3.90. The smallest absolute Gasteiger partial charge is 0.262 e. The lowest BCUT2D eigenvalue weighted by Crippen LogP contribution is -2.21. The van der Waals surface area contributed by atoms with Crippen LogP contribution in [0.1, 0.15) is 25.3 Å². The molecule has 0 atom stereocenters. The highest BCUT2D eigenvalue weighted by molar-refractivity contribution is 5.92. The first kappa shape index (κ1) is 15.8. The molecule has 0 bridgehead atoms. The first-order valence-electron chi connectivity index (χ1n) is 7.04. The Morgan fingerprint density at radius 3 is 2.73 bits per heavy atom. The number of carbonyl (C=O) groups excluding carboxylic acids is 1. The van der Waals surface area contributed by atoms with Crippen molar-refractivity contribution in [3.05, 3.63) is 53.8 Å². The molecule has 0 aliphatic heterocycles. The van der Waals surface area contributed by atoms with E-state index < -0.39 is 11.7 Å². The Morgan fingerprint density at radius 1 is 1.27 bits per heavy atom. The Morgan fingerprint density at radius 2 is 2.00 bits per heavy atom. The van der Waals surface area contributed by atoms with Gasteiger partial charge in [0.15, 0.2) is 6.61 Å². The minimum atomic E-state index is -0.537. The van der Waals surface area contributed by atoms with Gasteiger partial charge in [0.25, 0.3) is 5.91 Å². The fraction of sp³-hybridized carbons (Fsp3) is 0.235. The number of benzene rings is 2. The second kappa shape index (κ2) is 6.93. The summed E-state index contributed by atoms with van der Waals surface area (Å²) in [7, 11) is 0. The van der Waals surface area contributed by atoms with E-state index in [1.807, 2.05) is 38.1 Å². The molecule has 2 aromatic carbocycles. The predicted octanol–water partition coefficient (Wildman–Crippen LogP) is 3.55. The fourth-order valence-corrected chi connectivity index (χ4v) is 2.06. The van der Waals surface area contributed by atoms with E-state index in [-0.39, 0.29) is 18.2 Å². The molecule has 0 aliphatic carbocycles. The van der Waals surface area contributed by atoms with Crippen LogP contribution >= 0.6 is 0 Å². The minimum Gasteiger partial charge on any atom is -0.483 e. The predicted molar refractivity (Wildman–Crippen MR) is 85.5 cm³/mol. The number of ether oxygens (including phenoxy) is 1. The maximum atomic E-state index is 13.6. The molecule has 0 heterocycles. The maximum absolute atomic E-state index is 13.6. The van der Waals surface area contributed by atoms with E-state index in [0.717, 1.165) is 5.56 Å². The molecule has 0 radical (unpaired) electrons. The van der Waals surface area contributed by atoms with Crippen molar-refractivity contribution < 1.29 is 13.9 Å².